The van der Waals surface area contributed by atoms with Gasteiger partial charge in [0.2, 0.25) is 0 Å². The first-order valence-corrected chi connectivity index (χ1v) is 12.7. The largest absolute Gasteiger partial charge is 0.416 e. The van der Waals surface area contributed by atoms with Gasteiger partial charge in [-0.25, -0.2) is 14.6 Å². The number of amides is 2. The predicted octanol–water partition coefficient (Wildman–Crippen LogP) is 4.38. The first-order valence-electron chi connectivity index (χ1n) is 12.7. The second kappa shape index (κ2) is 11.6. The number of benzene rings is 1. The van der Waals surface area contributed by atoms with E-state index in [4.69, 9.17) is 11.1 Å². The number of carbonyl (C=O) groups excluding carboxylic acids is 2. The second-order valence-corrected chi connectivity index (χ2v) is 9.50. The summed E-state index contributed by atoms with van der Waals surface area (Å²) < 4.78 is 43.4. The lowest BCUT2D eigenvalue weighted by molar-refractivity contribution is -0.137. The summed E-state index contributed by atoms with van der Waals surface area (Å²) in [7, 11) is 0. The lowest BCUT2D eigenvalue weighted by Crippen LogP contribution is -2.42. The molecule has 1 fully saturated rings. The average Bonchev–Trinajstić information content (AvgIpc) is 3.53. The van der Waals surface area contributed by atoms with Crippen LogP contribution in [0.15, 0.2) is 65.7 Å². The van der Waals surface area contributed by atoms with Crippen molar-refractivity contribution < 1.29 is 27.4 Å². The molecule has 1 aliphatic heterocycles. The quantitative estimate of drug-likeness (QED) is 0.232. The molecule has 4 aromatic rings. The fourth-order valence-corrected chi connectivity index (χ4v) is 4.58. The fourth-order valence-electron chi connectivity index (χ4n) is 4.58. The van der Waals surface area contributed by atoms with Gasteiger partial charge in [-0.3, -0.25) is 9.59 Å². The summed E-state index contributed by atoms with van der Waals surface area (Å²) in [4.78, 5) is 34.9. The number of nitrogens with one attached hydrogen (secondary N) is 3. The highest BCUT2D eigenvalue weighted by molar-refractivity contribution is 6.07. The summed E-state index contributed by atoms with van der Waals surface area (Å²) in [5.74, 6) is -1.33. The van der Waals surface area contributed by atoms with Crippen LogP contribution in [0.25, 0.3) is 0 Å². The Hall–Kier alpha value is -5.34. The van der Waals surface area contributed by atoms with Crippen LogP contribution in [0.2, 0.25) is 0 Å². The van der Waals surface area contributed by atoms with Crippen molar-refractivity contribution in [3.63, 3.8) is 0 Å². The zero-order valence-corrected chi connectivity index (χ0v) is 21.9. The summed E-state index contributed by atoms with van der Waals surface area (Å²) in [6, 6.07) is 9.35. The van der Waals surface area contributed by atoms with Gasteiger partial charge in [-0.05, 0) is 60.5 Å². The molecule has 0 spiro atoms. The van der Waals surface area contributed by atoms with Crippen LogP contribution < -0.4 is 16.4 Å². The van der Waals surface area contributed by atoms with Crippen molar-refractivity contribution in [3.05, 3.63) is 83.4 Å². The first kappa shape index (κ1) is 28.2. The molecule has 42 heavy (non-hydrogen) atoms. The molecule has 0 saturated carbocycles. The van der Waals surface area contributed by atoms with Crippen LogP contribution in [0.1, 0.15) is 44.8 Å². The Bertz CT molecular complexity index is 1610. The topological polar surface area (TPSA) is 176 Å². The van der Waals surface area contributed by atoms with Gasteiger partial charge >= 0.3 is 6.18 Å². The van der Waals surface area contributed by atoms with Crippen molar-refractivity contribution in [1.29, 1.82) is 5.41 Å². The number of hydrogen-bond donors (Lipinski definition) is 4. The minimum Gasteiger partial charge on any atom is -0.382 e. The van der Waals surface area contributed by atoms with Gasteiger partial charge in [-0.1, -0.05) is 5.16 Å². The Morgan fingerprint density at radius 3 is 2.57 bits per heavy atom. The maximum Gasteiger partial charge on any atom is 0.416 e. The van der Waals surface area contributed by atoms with E-state index in [1.807, 2.05) is 0 Å². The van der Waals surface area contributed by atoms with Crippen molar-refractivity contribution in [1.82, 2.24) is 25.2 Å². The van der Waals surface area contributed by atoms with Crippen LogP contribution in [0.5, 0.6) is 0 Å². The molecule has 1 atom stereocenters. The number of anilines is 4. The molecule has 5 rings (SSSR count). The molecule has 3 aromatic heterocycles. The molecular formula is C27H24F3N9O3. The van der Waals surface area contributed by atoms with Crippen molar-refractivity contribution in [2.45, 2.75) is 19.0 Å². The highest BCUT2D eigenvalue weighted by Crippen LogP contribution is 2.32. The SMILES string of the molecule is N=C(c1ccnc(N)c1Nc1ccc(C(=O)Nc2cc(C(F)(F)F)ccn2)cc1)C1CCCN(C(=O)c2cnon2)C1. The number of nitrogens with two attached hydrogens (primary N) is 1. The van der Waals surface area contributed by atoms with E-state index < -0.39 is 17.6 Å². The normalized spacial score (nSPS) is 15.2. The number of likely N-dealkylation sites (tertiary alicyclic amines) is 1. The van der Waals surface area contributed by atoms with E-state index in [0.29, 0.717) is 42.9 Å². The van der Waals surface area contributed by atoms with E-state index in [0.717, 1.165) is 18.3 Å². The number of halogens is 3. The Labute approximate surface area is 236 Å². The summed E-state index contributed by atoms with van der Waals surface area (Å²) >= 11 is 0. The molecular weight excluding hydrogens is 555 g/mol. The van der Waals surface area contributed by atoms with Crippen molar-refractivity contribution in [3.8, 4) is 0 Å². The highest BCUT2D eigenvalue weighted by atomic mass is 19.4. The van der Waals surface area contributed by atoms with Crippen LogP contribution in [0.3, 0.4) is 0 Å². The molecule has 1 aromatic carbocycles. The Morgan fingerprint density at radius 1 is 1.10 bits per heavy atom. The lowest BCUT2D eigenvalue weighted by atomic mass is 9.88. The minimum absolute atomic E-state index is 0.0981. The van der Waals surface area contributed by atoms with Crippen LogP contribution in [0, 0.1) is 11.3 Å². The number of nitrogens with zero attached hydrogens (tertiary/aromatic N) is 5. The van der Waals surface area contributed by atoms with E-state index in [1.165, 1.54) is 24.5 Å². The summed E-state index contributed by atoms with van der Waals surface area (Å²) in [5.41, 5.74) is 7.21. The standard InChI is InChI=1S/C27H24F3N9O3/c28-27(29,30)17-7-9-33-21(12-17)37-25(40)15-3-5-18(6-4-15)36-23-19(8-10-34-24(23)32)22(31)16-2-1-11-39(14-16)26(41)20-13-35-42-38-20/h3-10,12-13,16,31,36H,1-2,11,14H2,(H2,32,34)(H,33,37,40). The molecule has 0 bridgehead atoms. The van der Waals surface area contributed by atoms with Crippen LogP contribution in [-0.2, 0) is 6.18 Å². The van der Waals surface area contributed by atoms with Gasteiger partial charge in [-0.2, -0.15) is 13.2 Å². The summed E-state index contributed by atoms with van der Waals surface area (Å²) in [5, 5.41) is 21.5. The molecule has 12 nitrogen and oxygen atoms in total. The lowest BCUT2D eigenvalue weighted by Gasteiger charge is -2.33. The van der Waals surface area contributed by atoms with Gasteiger partial charge in [-0.15, -0.1) is 0 Å². The van der Waals surface area contributed by atoms with E-state index in [-0.39, 0.29) is 40.4 Å². The Balaban J connectivity index is 1.29. The molecule has 5 N–H and O–H groups in total. The third-order valence-electron chi connectivity index (χ3n) is 6.71. The van der Waals surface area contributed by atoms with Crippen molar-refractivity contribution in [2.75, 3.05) is 29.5 Å². The van der Waals surface area contributed by atoms with Crippen LogP contribution >= 0.6 is 0 Å². The third kappa shape index (κ3) is 6.19. The number of rotatable bonds is 7. The maximum atomic E-state index is 13.0. The van der Waals surface area contributed by atoms with Crippen LogP contribution in [-0.4, -0.2) is 55.8 Å². The number of carbonyl (C=O) groups is 2. The van der Waals surface area contributed by atoms with Gasteiger partial charge in [0, 0.05) is 53.9 Å². The number of pyridine rings is 2. The Kier molecular flexibility index (Phi) is 7.82. The maximum absolute atomic E-state index is 13.0. The zero-order valence-electron chi connectivity index (χ0n) is 21.9. The molecule has 4 heterocycles. The molecule has 216 valence electrons. The summed E-state index contributed by atoms with van der Waals surface area (Å²) in [6.45, 7) is 0.819. The molecule has 1 saturated heterocycles. The molecule has 1 aliphatic rings. The molecule has 2 amide bonds. The fraction of sp³-hybridized carbons (Fsp3) is 0.222. The van der Waals surface area contributed by atoms with E-state index >= 15 is 0 Å². The van der Waals surface area contributed by atoms with Gasteiger partial charge in [0.1, 0.15) is 17.8 Å². The van der Waals surface area contributed by atoms with E-state index in [1.54, 1.807) is 23.1 Å². The number of piperidine rings is 1. The number of hydrogen-bond acceptors (Lipinski definition) is 10. The molecule has 0 aliphatic carbocycles. The number of alkyl halides is 3. The number of aromatic nitrogens is 4. The minimum atomic E-state index is -4.57. The monoisotopic (exact) mass is 579 g/mol. The van der Waals surface area contributed by atoms with Gasteiger partial charge < -0.3 is 26.7 Å². The van der Waals surface area contributed by atoms with Gasteiger partial charge in [0.25, 0.3) is 11.8 Å². The van der Waals surface area contributed by atoms with E-state index in [2.05, 4.69) is 35.5 Å². The van der Waals surface area contributed by atoms with Crippen molar-refractivity contribution in [2.24, 2.45) is 5.92 Å². The average molecular weight is 580 g/mol. The summed E-state index contributed by atoms with van der Waals surface area (Å²) in [6.07, 6.45) is 0.517. The highest BCUT2D eigenvalue weighted by Gasteiger charge is 2.31. The van der Waals surface area contributed by atoms with Gasteiger partial charge in [0.05, 0.1) is 11.3 Å². The molecule has 0 radical (unpaired) electrons. The number of nitrogen functional groups attached to an aromatic ring is 1. The zero-order chi connectivity index (χ0) is 29.9. The third-order valence-corrected chi connectivity index (χ3v) is 6.71. The first-order chi connectivity index (χ1) is 20.1. The van der Waals surface area contributed by atoms with E-state index in [9.17, 15) is 22.8 Å². The predicted molar refractivity (Wildman–Crippen MR) is 145 cm³/mol. The second-order valence-electron chi connectivity index (χ2n) is 9.50. The molecule has 15 heteroatoms. The van der Waals surface area contributed by atoms with Gasteiger partial charge in [0.15, 0.2) is 5.69 Å². The van der Waals surface area contributed by atoms with Crippen molar-refractivity contribution >= 4 is 40.5 Å². The Morgan fingerprint density at radius 2 is 1.86 bits per heavy atom. The molecule has 1 unspecified atom stereocenters. The van der Waals surface area contributed by atoms with Crippen LogP contribution in [0.4, 0.5) is 36.2 Å². The smallest absolute Gasteiger partial charge is 0.382 e.